The molecule has 292 valence electrons. The Morgan fingerprint density at radius 2 is 1.66 bits per heavy atom. The molecule has 15 nitrogen and oxygen atoms in total. The number of imide groups is 2. The molecule has 4 saturated heterocycles. The summed E-state index contributed by atoms with van der Waals surface area (Å²) in [6.07, 6.45) is 1.94. The van der Waals surface area contributed by atoms with Crippen molar-refractivity contribution in [2.75, 3.05) is 87.7 Å². The van der Waals surface area contributed by atoms with Crippen LogP contribution in [0.15, 0.2) is 48.5 Å². The van der Waals surface area contributed by atoms with Gasteiger partial charge in [0.15, 0.2) is 5.82 Å². The van der Waals surface area contributed by atoms with E-state index in [2.05, 4.69) is 46.5 Å². The topological polar surface area (TPSA) is 164 Å². The third-order valence-electron chi connectivity index (χ3n) is 13.7. The van der Waals surface area contributed by atoms with E-state index in [1.54, 1.807) is 18.2 Å². The van der Waals surface area contributed by atoms with Crippen LogP contribution in [0.25, 0.3) is 11.3 Å². The number of likely N-dealkylation sites (tertiary alicyclic amines) is 1. The van der Waals surface area contributed by atoms with Crippen LogP contribution in [0.3, 0.4) is 0 Å². The van der Waals surface area contributed by atoms with Crippen LogP contribution in [0.4, 0.5) is 17.2 Å². The fourth-order valence-electron chi connectivity index (χ4n) is 10.4. The van der Waals surface area contributed by atoms with E-state index < -0.39 is 23.8 Å². The average molecular weight is 762 g/mol. The zero-order valence-corrected chi connectivity index (χ0v) is 31.5. The number of piperazine rings is 1. The molecular weight excluding hydrogens is 715 g/mol. The van der Waals surface area contributed by atoms with Crippen LogP contribution in [-0.4, -0.2) is 144 Å². The molecule has 5 fully saturated rings. The Kier molecular flexibility index (Phi) is 8.52. The number of ether oxygens (including phenoxy) is 1. The molecule has 2 aromatic carbocycles. The van der Waals surface area contributed by atoms with Crippen molar-refractivity contribution in [1.82, 2.24) is 30.2 Å². The number of carbonyl (C=O) groups excluding carboxylic acids is 4. The second-order valence-corrected chi connectivity index (χ2v) is 16.7. The van der Waals surface area contributed by atoms with Gasteiger partial charge in [0, 0.05) is 90.2 Å². The van der Waals surface area contributed by atoms with Gasteiger partial charge < -0.3 is 25.0 Å². The summed E-state index contributed by atoms with van der Waals surface area (Å²) in [5.74, 6) is 1.26. The van der Waals surface area contributed by atoms with E-state index in [1.165, 1.54) is 0 Å². The van der Waals surface area contributed by atoms with Crippen molar-refractivity contribution in [3.8, 4) is 17.0 Å². The zero-order valence-electron chi connectivity index (χ0n) is 31.5. The van der Waals surface area contributed by atoms with E-state index in [4.69, 9.17) is 4.74 Å². The van der Waals surface area contributed by atoms with Crippen LogP contribution in [0.5, 0.6) is 5.75 Å². The summed E-state index contributed by atoms with van der Waals surface area (Å²) in [7, 11) is 1.83. The van der Waals surface area contributed by atoms with Crippen LogP contribution in [0, 0.1) is 17.8 Å². The molecule has 7 heterocycles. The van der Waals surface area contributed by atoms with Gasteiger partial charge in [-0.2, -0.15) is 0 Å². The van der Waals surface area contributed by atoms with Gasteiger partial charge in [-0.25, -0.2) is 0 Å². The number of hydrogen-bond donors (Lipinski definition) is 3. The number of phenolic OH excluding ortho intramolecular Hbond substituents is 1. The highest BCUT2D eigenvalue weighted by Gasteiger charge is 2.57. The molecule has 15 heteroatoms. The highest BCUT2D eigenvalue weighted by Crippen LogP contribution is 2.53. The second kappa shape index (κ2) is 13.5. The highest BCUT2D eigenvalue weighted by molar-refractivity contribution is 6.23. The first-order valence-corrected chi connectivity index (χ1v) is 20.0. The first-order chi connectivity index (χ1) is 27.2. The van der Waals surface area contributed by atoms with E-state index in [-0.39, 0.29) is 30.1 Å². The van der Waals surface area contributed by atoms with Gasteiger partial charge in [0.25, 0.3) is 11.8 Å². The number of para-hydroxylation sites is 1. The molecule has 1 saturated carbocycles. The van der Waals surface area contributed by atoms with Gasteiger partial charge in [-0.15, -0.1) is 10.2 Å². The summed E-state index contributed by atoms with van der Waals surface area (Å²) in [4.78, 5) is 61.7. The Balaban J connectivity index is 0.713. The summed E-state index contributed by atoms with van der Waals surface area (Å²) in [5.41, 5.74) is 3.68. The zero-order chi connectivity index (χ0) is 38.3. The van der Waals surface area contributed by atoms with Gasteiger partial charge in [0.2, 0.25) is 11.8 Å². The standard InChI is InChI=1S/C41H47N9O6/c1-56-41(10-12-48(13-11-41)24-6-7-26-28(16-24)40(55)50(39(26)54)33-8-9-36(52)43-38(33)53)23-47-21-30-29(31(30)22-47)20-46-14-15-49-25(19-46)18-42-37-34(49)17-32(44-45-37)27-4-2-3-5-35(27)51/h2-7,16-17,25,29-31,33,51H,8-15,18-23H2,1H3,(H,42,45)(H,43,52,53)/t25-,29?,30-,31+,33?/m0/s1. The maximum atomic E-state index is 13.4. The number of rotatable bonds is 8. The Morgan fingerprint density at radius 1 is 0.875 bits per heavy atom. The second-order valence-electron chi connectivity index (χ2n) is 16.7. The quantitative estimate of drug-likeness (QED) is 0.286. The molecule has 2 unspecified atom stereocenters. The van der Waals surface area contributed by atoms with Crippen molar-refractivity contribution in [3.63, 3.8) is 0 Å². The average Bonchev–Trinajstić information content (AvgIpc) is 3.51. The summed E-state index contributed by atoms with van der Waals surface area (Å²) in [5, 5.41) is 25.0. The Labute approximate surface area is 324 Å². The number of amides is 4. The van der Waals surface area contributed by atoms with Gasteiger partial charge in [-0.1, -0.05) is 12.1 Å². The third-order valence-corrected chi connectivity index (χ3v) is 13.7. The molecule has 56 heavy (non-hydrogen) atoms. The number of anilines is 3. The molecule has 1 aromatic heterocycles. The number of aromatic hydroxyl groups is 1. The smallest absolute Gasteiger partial charge is 0.262 e. The van der Waals surface area contributed by atoms with Crippen molar-refractivity contribution in [2.45, 2.75) is 43.4 Å². The number of methoxy groups -OCH3 is 1. The number of piperidine rings is 3. The lowest BCUT2D eigenvalue weighted by Gasteiger charge is -2.46. The lowest BCUT2D eigenvalue weighted by Crippen LogP contribution is -2.58. The van der Waals surface area contributed by atoms with Crippen LogP contribution in [-0.2, 0) is 14.3 Å². The molecule has 3 aromatic rings. The Hall–Kier alpha value is -5.12. The minimum Gasteiger partial charge on any atom is -0.507 e. The molecule has 10 rings (SSSR count). The summed E-state index contributed by atoms with van der Waals surface area (Å²) >= 11 is 0. The third kappa shape index (κ3) is 5.98. The lowest BCUT2D eigenvalue weighted by atomic mass is 9.89. The van der Waals surface area contributed by atoms with Crippen LogP contribution >= 0.6 is 0 Å². The van der Waals surface area contributed by atoms with Gasteiger partial charge in [-0.3, -0.25) is 39.2 Å². The predicted molar refractivity (Wildman–Crippen MR) is 206 cm³/mol. The molecule has 1 aliphatic carbocycles. The molecular formula is C41H47N9O6. The Morgan fingerprint density at radius 3 is 2.43 bits per heavy atom. The highest BCUT2D eigenvalue weighted by atomic mass is 16.5. The van der Waals surface area contributed by atoms with E-state index in [0.29, 0.717) is 28.4 Å². The van der Waals surface area contributed by atoms with Gasteiger partial charge in [0.1, 0.15) is 11.8 Å². The molecule has 0 bridgehead atoms. The first kappa shape index (κ1) is 35.3. The van der Waals surface area contributed by atoms with E-state index >= 15 is 0 Å². The van der Waals surface area contributed by atoms with Crippen LogP contribution in [0.1, 0.15) is 46.4 Å². The van der Waals surface area contributed by atoms with Crippen molar-refractivity contribution in [1.29, 1.82) is 0 Å². The largest absolute Gasteiger partial charge is 0.507 e. The summed E-state index contributed by atoms with van der Waals surface area (Å²) in [6.45, 7) is 9.61. The maximum Gasteiger partial charge on any atom is 0.262 e. The predicted octanol–water partition coefficient (Wildman–Crippen LogP) is 2.03. The normalized spacial score (nSPS) is 28.4. The number of fused-ring (bicyclic) bond motifs is 5. The summed E-state index contributed by atoms with van der Waals surface area (Å²) in [6, 6.07) is 14.1. The maximum absolute atomic E-state index is 13.4. The molecule has 5 atom stereocenters. The van der Waals surface area contributed by atoms with E-state index in [1.807, 2.05) is 31.4 Å². The van der Waals surface area contributed by atoms with Crippen molar-refractivity contribution in [3.05, 3.63) is 59.7 Å². The molecule has 0 spiro atoms. The van der Waals surface area contributed by atoms with Gasteiger partial charge in [0.05, 0.1) is 34.2 Å². The van der Waals surface area contributed by atoms with Crippen molar-refractivity contribution >= 4 is 40.8 Å². The van der Waals surface area contributed by atoms with Crippen molar-refractivity contribution < 1.29 is 29.0 Å². The molecule has 3 N–H and O–H groups in total. The number of nitrogens with one attached hydrogen (secondary N) is 2. The molecule has 6 aliphatic heterocycles. The number of aromatic nitrogens is 2. The first-order valence-electron chi connectivity index (χ1n) is 20.0. The van der Waals surface area contributed by atoms with Crippen LogP contribution in [0.2, 0.25) is 0 Å². The molecule has 4 amide bonds. The number of phenols is 1. The van der Waals surface area contributed by atoms with Crippen molar-refractivity contribution in [2.24, 2.45) is 17.8 Å². The van der Waals surface area contributed by atoms with Gasteiger partial charge >= 0.3 is 0 Å². The fraction of sp³-hybridized carbons (Fsp3) is 0.512. The SMILES string of the molecule is COC1(CN2C[C@@H]3C(CN4CCN5c6cc(-c7ccccc7O)nnc6NC[C@H]5C4)[C@@H]3C2)CCN(c2ccc3c(c2)C(=O)N(C2CCC(=O)NC2=O)C3=O)CC1. The monoisotopic (exact) mass is 761 g/mol. The Bertz CT molecular complexity index is 2110. The minimum absolute atomic E-state index is 0.0954. The lowest BCUT2D eigenvalue weighted by molar-refractivity contribution is -0.136. The number of benzene rings is 2. The molecule has 7 aliphatic rings. The van der Waals surface area contributed by atoms with E-state index in [9.17, 15) is 24.3 Å². The summed E-state index contributed by atoms with van der Waals surface area (Å²) < 4.78 is 6.27. The fourth-order valence-corrected chi connectivity index (χ4v) is 10.4. The number of hydrogen-bond acceptors (Lipinski definition) is 13. The van der Waals surface area contributed by atoms with Gasteiger partial charge in [-0.05, 0) is 73.4 Å². The molecule has 0 radical (unpaired) electrons. The minimum atomic E-state index is -0.972. The van der Waals surface area contributed by atoms with E-state index in [0.717, 1.165) is 118 Å². The number of carbonyl (C=O) groups is 4. The van der Waals surface area contributed by atoms with Crippen LogP contribution < -0.4 is 20.4 Å². The number of nitrogens with zero attached hydrogens (tertiary/aromatic N) is 7.